The topological polar surface area (TPSA) is 86.5 Å². The zero-order valence-corrected chi connectivity index (χ0v) is 10.1. The van der Waals surface area contributed by atoms with Crippen molar-refractivity contribution in [2.24, 2.45) is 0 Å². The van der Waals surface area contributed by atoms with Crippen molar-refractivity contribution in [3.63, 3.8) is 0 Å². The second-order valence-electron chi connectivity index (χ2n) is 3.96. The Bertz CT molecular complexity index is 432. The Labute approximate surface area is 104 Å². The number of ether oxygens (including phenoxy) is 2. The van der Waals surface area contributed by atoms with Crippen molar-refractivity contribution in [2.75, 3.05) is 25.6 Å². The van der Waals surface area contributed by atoms with Crippen LogP contribution in [0.25, 0.3) is 0 Å². The van der Waals surface area contributed by atoms with Crippen molar-refractivity contribution in [1.29, 1.82) is 0 Å². The predicted octanol–water partition coefficient (Wildman–Crippen LogP) is 1.59. The number of hydrogen-bond acceptors (Lipinski definition) is 6. The van der Waals surface area contributed by atoms with Gasteiger partial charge in [-0.1, -0.05) is 0 Å². The maximum Gasteiger partial charge on any atom is 0.331 e. The molecule has 1 fully saturated rings. The van der Waals surface area contributed by atoms with E-state index in [0.29, 0.717) is 19.0 Å². The van der Waals surface area contributed by atoms with E-state index < -0.39 is 4.92 Å². The quantitative estimate of drug-likeness (QED) is 0.647. The fourth-order valence-corrected chi connectivity index (χ4v) is 1.75. The second kappa shape index (κ2) is 5.63. The van der Waals surface area contributed by atoms with Gasteiger partial charge in [0.1, 0.15) is 11.9 Å². The van der Waals surface area contributed by atoms with Gasteiger partial charge in [0.25, 0.3) is 5.88 Å². The Hall–Kier alpha value is -1.89. The van der Waals surface area contributed by atoms with E-state index in [2.05, 4.69) is 10.3 Å². The van der Waals surface area contributed by atoms with E-state index in [1.165, 1.54) is 6.07 Å². The van der Waals surface area contributed by atoms with Gasteiger partial charge in [0.15, 0.2) is 0 Å². The highest BCUT2D eigenvalue weighted by molar-refractivity contribution is 5.48. The standard InChI is InChI=1S/C11H15N3O4/c1-12-10-3-2-9(14(15)16)11(13-10)18-8-4-6-17-7-5-8/h2-3,8H,4-7H2,1H3,(H,12,13). The molecule has 7 heteroatoms. The van der Waals surface area contributed by atoms with Crippen LogP contribution in [0.5, 0.6) is 5.88 Å². The van der Waals surface area contributed by atoms with Gasteiger partial charge in [-0.3, -0.25) is 10.1 Å². The van der Waals surface area contributed by atoms with Crippen LogP contribution in [0.2, 0.25) is 0 Å². The van der Waals surface area contributed by atoms with Crippen molar-refractivity contribution >= 4 is 11.5 Å². The summed E-state index contributed by atoms with van der Waals surface area (Å²) in [6.07, 6.45) is 1.38. The van der Waals surface area contributed by atoms with Gasteiger partial charge in [-0.15, -0.1) is 0 Å². The summed E-state index contributed by atoms with van der Waals surface area (Å²) in [5, 5.41) is 13.7. The summed E-state index contributed by atoms with van der Waals surface area (Å²) in [6, 6.07) is 2.95. The number of pyridine rings is 1. The van der Waals surface area contributed by atoms with Crippen molar-refractivity contribution in [1.82, 2.24) is 4.98 Å². The molecule has 0 bridgehead atoms. The van der Waals surface area contributed by atoms with Crippen molar-refractivity contribution in [2.45, 2.75) is 18.9 Å². The van der Waals surface area contributed by atoms with E-state index in [0.717, 1.165) is 12.8 Å². The molecule has 1 saturated heterocycles. The highest BCUT2D eigenvalue weighted by atomic mass is 16.6. The average molecular weight is 253 g/mol. The summed E-state index contributed by atoms with van der Waals surface area (Å²) < 4.78 is 10.8. The van der Waals surface area contributed by atoms with Crippen LogP contribution in [0.1, 0.15) is 12.8 Å². The van der Waals surface area contributed by atoms with Crippen LogP contribution >= 0.6 is 0 Å². The number of aromatic nitrogens is 1. The third-order valence-electron chi connectivity index (χ3n) is 2.74. The molecule has 0 aliphatic carbocycles. The zero-order chi connectivity index (χ0) is 13.0. The van der Waals surface area contributed by atoms with E-state index in [-0.39, 0.29) is 17.7 Å². The Morgan fingerprint density at radius 1 is 1.50 bits per heavy atom. The Balaban J connectivity index is 2.19. The summed E-state index contributed by atoms with van der Waals surface area (Å²) in [7, 11) is 1.70. The lowest BCUT2D eigenvalue weighted by Crippen LogP contribution is -2.26. The molecular formula is C11H15N3O4. The number of hydrogen-bond donors (Lipinski definition) is 1. The summed E-state index contributed by atoms with van der Waals surface area (Å²) in [4.78, 5) is 14.5. The Morgan fingerprint density at radius 2 is 2.22 bits per heavy atom. The molecular weight excluding hydrogens is 238 g/mol. The molecule has 1 aromatic rings. The first-order chi connectivity index (χ1) is 8.70. The normalized spacial score (nSPS) is 16.3. The van der Waals surface area contributed by atoms with E-state index >= 15 is 0 Å². The van der Waals surface area contributed by atoms with Crippen LogP contribution in [-0.4, -0.2) is 36.3 Å². The maximum atomic E-state index is 10.9. The molecule has 1 aliphatic rings. The molecule has 1 aromatic heterocycles. The summed E-state index contributed by atoms with van der Waals surface area (Å²) in [5.41, 5.74) is -0.111. The van der Waals surface area contributed by atoms with Crippen molar-refractivity contribution < 1.29 is 14.4 Å². The summed E-state index contributed by atoms with van der Waals surface area (Å²) >= 11 is 0. The van der Waals surface area contributed by atoms with Gasteiger partial charge in [0.05, 0.1) is 18.1 Å². The van der Waals surface area contributed by atoms with Crippen molar-refractivity contribution in [3.8, 4) is 5.88 Å². The zero-order valence-electron chi connectivity index (χ0n) is 10.1. The van der Waals surface area contributed by atoms with Crippen LogP contribution in [0, 0.1) is 10.1 Å². The predicted molar refractivity (Wildman–Crippen MR) is 64.9 cm³/mol. The molecule has 2 heterocycles. The molecule has 0 amide bonds. The van der Waals surface area contributed by atoms with E-state index in [1.54, 1.807) is 13.1 Å². The molecule has 0 aromatic carbocycles. The molecule has 0 atom stereocenters. The molecule has 18 heavy (non-hydrogen) atoms. The fourth-order valence-electron chi connectivity index (χ4n) is 1.75. The minimum absolute atomic E-state index is 0.0683. The third-order valence-corrected chi connectivity index (χ3v) is 2.74. The lowest BCUT2D eigenvalue weighted by molar-refractivity contribution is -0.386. The fraction of sp³-hybridized carbons (Fsp3) is 0.545. The third kappa shape index (κ3) is 2.86. The summed E-state index contributed by atoms with van der Waals surface area (Å²) in [5.74, 6) is 0.612. The highest BCUT2D eigenvalue weighted by Gasteiger charge is 2.23. The van der Waals surface area contributed by atoms with Gasteiger partial charge in [-0.25, -0.2) is 0 Å². The number of anilines is 1. The van der Waals surface area contributed by atoms with Crippen LogP contribution in [0.3, 0.4) is 0 Å². The van der Waals surface area contributed by atoms with Crippen LogP contribution < -0.4 is 10.1 Å². The molecule has 7 nitrogen and oxygen atoms in total. The average Bonchev–Trinajstić information content (AvgIpc) is 2.39. The number of nitrogens with zero attached hydrogens (tertiary/aromatic N) is 2. The SMILES string of the molecule is CNc1ccc([N+](=O)[O-])c(OC2CCOCC2)n1. The second-order valence-corrected chi connectivity index (χ2v) is 3.96. The molecule has 1 N–H and O–H groups in total. The first-order valence-electron chi connectivity index (χ1n) is 5.78. The lowest BCUT2D eigenvalue weighted by atomic mass is 10.1. The maximum absolute atomic E-state index is 10.9. The number of nitrogens with one attached hydrogen (secondary N) is 1. The van der Waals surface area contributed by atoms with Gasteiger partial charge >= 0.3 is 5.69 Å². The van der Waals surface area contributed by atoms with Gasteiger partial charge in [-0.2, -0.15) is 4.98 Å². The van der Waals surface area contributed by atoms with Crippen molar-refractivity contribution in [3.05, 3.63) is 22.2 Å². The Kier molecular flexibility index (Phi) is 3.93. The molecule has 0 radical (unpaired) electrons. The summed E-state index contributed by atoms with van der Waals surface area (Å²) in [6.45, 7) is 1.23. The van der Waals surface area contributed by atoms with Crippen LogP contribution in [0.15, 0.2) is 12.1 Å². The van der Waals surface area contributed by atoms with Gasteiger partial charge in [-0.05, 0) is 6.07 Å². The minimum Gasteiger partial charge on any atom is -0.469 e. The van der Waals surface area contributed by atoms with Crippen LogP contribution in [0.4, 0.5) is 11.5 Å². The molecule has 0 spiro atoms. The smallest absolute Gasteiger partial charge is 0.331 e. The first kappa shape index (κ1) is 12.6. The minimum atomic E-state index is -0.485. The van der Waals surface area contributed by atoms with Gasteiger partial charge < -0.3 is 14.8 Å². The number of rotatable bonds is 4. The highest BCUT2D eigenvalue weighted by Crippen LogP contribution is 2.28. The van der Waals surface area contributed by atoms with E-state index in [9.17, 15) is 10.1 Å². The van der Waals surface area contributed by atoms with Gasteiger partial charge in [0.2, 0.25) is 0 Å². The molecule has 2 rings (SSSR count). The molecule has 0 saturated carbocycles. The number of nitro groups is 1. The molecule has 0 unspecified atom stereocenters. The lowest BCUT2D eigenvalue weighted by Gasteiger charge is -2.22. The van der Waals surface area contributed by atoms with E-state index in [1.807, 2.05) is 0 Å². The largest absolute Gasteiger partial charge is 0.469 e. The monoisotopic (exact) mass is 253 g/mol. The Morgan fingerprint density at radius 3 is 2.83 bits per heavy atom. The van der Waals surface area contributed by atoms with Gasteiger partial charge in [0, 0.05) is 26.0 Å². The molecule has 98 valence electrons. The molecule has 1 aliphatic heterocycles. The van der Waals surface area contributed by atoms with Crippen LogP contribution in [-0.2, 0) is 4.74 Å². The first-order valence-corrected chi connectivity index (χ1v) is 5.78. The van der Waals surface area contributed by atoms with E-state index in [4.69, 9.17) is 9.47 Å².